The number of ether oxygens (including phenoxy) is 1. The van der Waals surface area contributed by atoms with Gasteiger partial charge in [-0.1, -0.05) is 189 Å². The minimum Gasteiger partial charge on any atom is -0.496 e. The molecule has 4 aromatic rings. The molecule has 1 nitrogen and oxygen atoms in total. The van der Waals surface area contributed by atoms with Crippen LogP contribution in [0.15, 0.2) is 59.7 Å². The Hall–Kier alpha value is -3.62. The van der Waals surface area contributed by atoms with E-state index in [9.17, 15) is 0 Å². The predicted molar refractivity (Wildman–Crippen MR) is 266 cm³/mol. The van der Waals surface area contributed by atoms with Gasteiger partial charge < -0.3 is 4.74 Å². The summed E-state index contributed by atoms with van der Waals surface area (Å²) < 4.78 is 6.58. The van der Waals surface area contributed by atoms with Crippen LogP contribution in [0.1, 0.15) is 196 Å². The smallest absolute Gasteiger partial charge is 0.131 e. The molecule has 320 valence electrons. The Morgan fingerprint density at radius 1 is 0.500 bits per heavy atom. The van der Waals surface area contributed by atoms with Crippen LogP contribution in [-0.4, -0.2) is 15.2 Å². The lowest BCUT2D eigenvalue weighted by Gasteiger charge is -2.40. The van der Waals surface area contributed by atoms with E-state index in [4.69, 9.17) is 4.74 Å². The quantitative estimate of drug-likeness (QED) is 0.182. The molecular formula is C58H78OSi. The maximum absolute atomic E-state index is 6.58. The predicted octanol–water partition coefficient (Wildman–Crippen LogP) is 16.5. The molecule has 0 fully saturated rings. The Bertz CT molecular complexity index is 2380. The van der Waals surface area contributed by atoms with Gasteiger partial charge in [0.05, 0.1) is 15.2 Å². The van der Waals surface area contributed by atoms with Crippen LogP contribution in [0.3, 0.4) is 0 Å². The number of hydrogen-bond acceptors (Lipinski definition) is 1. The van der Waals surface area contributed by atoms with E-state index < -0.39 is 8.07 Å². The third-order valence-corrected chi connectivity index (χ3v) is 19.0. The second-order valence-electron chi connectivity index (χ2n) is 24.9. The Balaban J connectivity index is 1.47. The summed E-state index contributed by atoms with van der Waals surface area (Å²) in [5.41, 5.74) is 25.5. The van der Waals surface area contributed by atoms with Gasteiger partial charge >= 0.3 is 0 Å². The highest BCUT2D eigenvalue weighted by Gasteiger charge is 2.49. The van der Waals surface area contributed by atoms with Crippen molar-refractivity contribution in [2.24, 2.45) is 0 Å². The van der Waals surface area contributed by atoms with E-state index in [2.05, 4.69) is 191 Å². The third kappa shape index (κ3) is 7.64. The van der Waals surface area contributed by atoms with E-state index in [0.29, 0.717) is 11.1 Å². The average Bonchev–Trinajstić information content (AvgIpc) is 3.81. The van der Waals surface area contributed by atoms with Crippen LogP contribution in [0.4, 0.5) is 0 Å². The Kier molecular flexibility index (Phi) is 10.7. The summed E-state index contributed by atoms with van der Waals surface area (Å²) in [6, 6.07) is 20.2. The van der Waals surface area contributed by atoms with Crippen molar-refractivity contribution in [3.8, 4) is 28.0 Å². The molecule has 7 rings (SSSR count). The zero-order valence-electron chi connectivity index (χ0n) is 41.5. The number of rotatable bonds is 5. The summed E-state index contributed by atoms with van der Waals surface area (Å²) in [6.45, 7) is 45.7. The van der Waals surface area contributed by atoms with Gasteiger partial charge in [0, 0.05) is 22.2 Å². The maximum Gasteiger partial charge on any atom is 0.131 e. The summed E-state index contributed by atoms with van der Waals surface area (Å²) >= 11 is 0. The molecule has 4 aromatic carbocycles. The monoisotopic (exact) mass is 819 g/mol. The third-order valence-electron chi connectivity index (χ3n) is 14.5. The number of allylic oxidation sites excluding steroid dienone is 2. The molecule has 2 unspecified atom stereocenters. The number of hydrogen-bond donors (Lipinski definition) is 0. The van der Waals surface area contributed by atoms with Crippen molar-refractivity contribution in [3.63, 3.8) is 0 Å². The topological polar surface area (TPSA) is 9.23 Å². The van der Waals surface area contributed by atoms with Gasteiger partial charge in [-0.3, -0.25) is 0 Å². The fourth-order valence-electron chi connectivity index (χ4n) is 11.2. The highest BCUT2D eigenvalue weighted by molar-refractivity contribution is 6.81. The summed E-state index contributed by atoms with van der Waals surface area (Å²) in [7, 11) is -0.306. The molecule has 0 N–H and O–H groups in total. The molecule has 2 heteroatoms. The molecule has 0 saturated heterocycles. The molecule has 0 saturated carbocycles. The first kappa shape index (κ1) is 44.4. The minimum absolute atomic E-state index is 0.0123. The normalized spacial score (nSPS) is 18.3. The fourth-order valence-corrected chi connectivity index (χ4v) is 16.1. The van der Waals surface area contributed by atoms with Gasteiger partial charge in [0.25, 0.3) is 0 Å². The van der Waals surface area contributed by atoms with Crippen LogP contribution in [0.5, 0.6) is 5.75 Å². The van der Waals surface area contributed by atoms with Crippen LogP contribution in [-0.2, 0) is 39.9 Å². The van der Waals surface area contributed by atoms with E-state index in [0.717, 1.165) is 5.75 Å². The van der Waals surface area contributed by atoms with E-state index >= 15 is 0 Å². The second kappa shape index (κ2) is 14.5. The Morgan fingerprint density at radius 3 is 1.30 bits per heavy atom. The van der Waals surface area contributed by atoms with Crippen LogP contribution < -0.4 is 4.74 Å². The number of fused-ring (bicyclic) bond motifs is 3. The van der Waals surface area contributed by atoms with E-state index in [1.54, 1.807) is 22.3 Å². The molecule has 0 bridgehead atoms. The largest absolute Gasteiger partial charge is 0.496 e. The van der Waals surface area contributed by atoms with Gasteiger partial charge in [-0.2, -0.15) is 0 Å². The Morgan fingerprint density at radius 2 is 0.900 bits per heavy atom. The molecule has 2 atom stereocenters. The number of benzene rings is 4. The standard InChI is InChI=1S/C58H78OSi/c1-34-24-44-46(30-36-22-21-23-43(36)49(44)37-26-39(54(3,4)5)31-40(27-37)55(6,7)8)52(34)60(19,20)53-35(2)25-45-47(53)33-48(58(15,16)17)51(59-18)50(45)38-28-41(56(9,10)11)32-42(29-38)57(12,13)14/h24-33,52-53H,21-23H2,1-20H3. The SMILES string of the molecule is COc1c(C(C)(C)C)cc2c(c1-c1cc(C(C)(C)C)cc(C(C)(C)C)c1)C=C(C)C2[Si](C)(C)C1C(C)=Cc2c1cc1c(c2-c2cc(C(C)(C)C)cc(C(C)(C)C)c2)CCC1. The molecule has 60 heavy (non-hydrogen) atoms. The second-order valence-corrected chi connectivity index (χ2v) is 29.7. The van der Waals surface area contributed by atoms with Gasteiger partial charge in [-0.05, 0) is 133 Å². The highest BCUT2D eigenvalue weighted by Crippen LogP contribution is 2.58. The molecule has 0 aliphatic heterocycles. The average molecular weight is 819 g/mol. The van der Waals surface area contributed by atoms with Gasteiger partial charge in [0.15, 0.2) is 0 Å². The van der Waals surface area contributed by atoms with Crippen molar-refractivity contribution in [2.75, 3.05) is 7.11 Å². The molecule has 0 spiro atoms. The summed E-state index contributed by atoms with van der Waals surface area (Å²) in [6.07, 6.45) is 8.79. The van der Waals surface area contributed by atoms with Crippen LogP contribution >= 0.6 is 0 Å². The maximum atomic E-state index is 6.58. The summed E-state index contributed by atoms with van der Waals surface area (Å²) in [4.78, 5) is 0. The molecular weight excluding hydrogens is 741 g/mol. The number of methoxy groups -OCH3 is 1. The first-order chi connectivity index (χ1) is 27.4. The molecule has 3 aliphatic rings. The van der Waals surface area contributed by atoms with Crippen molar-refractivity contribution >= 4 is 20.2 Å². The van der Waals surface area contributed by atoms with Gasteiger partial charge in [0.1, 0.15) is 5.75 Å². The summed E-state index contributed by atoms with van der Waals surface area (Å²) in [5, 5.41) is 0. The lowest BCUT2D eigenvalue weighted by Crippen LogP contribution is -2.42. The fraction of sp³-hybridized carbons (Fsp3) is 0.517. The molecule has 0 heterocycles. The zero-order chi connectivity index (χ0) is 44.4. The van der Waals surface area contributed by atoms with Crippen LogP contribution in [0, 0.1) is 0 Å². The van der Waals surface area contributed by atoms with Crippen LogP contribution in [0.2, 0.25) is 13.1 Å². The van der Waals surface area contributed by atoms with Crippen molar-refractivity contribution < 1.29 is 4.74 Å². The van der Waals surface area contributed by atoms with Crippen molar-refractivity contribution in [1.82, 2.24) is 0 Å². The first-order valence-electron chi connectivity index (χ1n) is 23.1. The van der Waals surface area contributed by atoms with Gasteiger partial charge in [-0.25, -0.2) is 0 Å². The van der Waals surface area contributed by atoms with Crippen molar-refractivity contribution in [1.29, 1.82) is 0 Å². The minimum atomic E-state index is -2.20. The molecule has 0 radical (unpaired) electrons. The van der Waals surface area contributed by atoms with Gasteiger partial charge in [0.2, 0.25) is 0 Å². The molecule has 0 amide bonds. The highest BCUT2D eigenvalue weighted by atomic mass is 28.3. The van der Waals surface area contributed by atoms with E-state index in [-0.39, 0.29) is 27.1 Å². The first-order valence-corrected chi connectivity index (χ1v) is 26.2. The zero-order valence-corrected chi connectivity index (χ0v) is 42.5. The number of aryl methyl sites for hydroxylation is 1. The van der Waals surface area contributed by atoms with Crippen molar-refractivity contribution in [3.05, 3.63) is 121 Å². The lowest BCUT2D eigenvalue weighted by atomic mass is 9.77. The lowest BCUT2D eigenvalue weighted by molar-refractivity contribution is 0.399. The summed E-state index contributed by atoms with van der Waals surface area (Å²) in [5.74, 6) is 1.03. The molecule has 3 aliphatic carbocycles. The van der Waals surface area contributed by atoms with E-state index in [1.807, 2.05) is 7.11 Å². The van der Waals surface area contributed by atoms with Gasteiger partial charge in [-0.15, -0.1) is 0 Å². The van der Waals surface area contributed by atoms with Crippen LogP contribution in [0.25, 0.3) is 34.4 Å². The Labute approximate surface area is 367 Å². The van der Waals surface area contributed by atoms with Crippen molar-refractivity contribution in [2.45, 2.75) is 188 Å². The van der Waals surface area contributed by atoms with E-state index in [1.165, 1.54) is 91.6 Å². The molecule has 0 aromatic heterocycles.